The van der Waals surface area contributed by atoms with Crippen molar-refractivity contribution in [3.05, 3.63) is 35.6 Å². The molecule has 0 unspecified atom stereocenters. The standard InChI is InChI=1S/C17H23NO2/c1-2-3-10-19-12-17-15(11-18-13-8-9-13)14-6-4-5-7-16(14)20-17/h4-7,13,18H,2-3,8-12H2,1H3. The molecule has 1 saturated carbocycles. The average Bonchev–Trinajstić information content (AvgIpc) is 3.23. The normalized spacial score (nSPS) is 15.1. The highest BCUT2D eigenvalue weighted by Gasteiger charge is 2.22. The molecule has 0 amide bonds. The van der Waals surface area contributed by atoms with Gasteiger partial charge in [-0.1, -0.05) is 31.5 Å². The van der Waals surface area contributed by atoms with Crippen LogP contribution in [-0.4, -0.2) is 12.6 Å². The second-order valence-electron chi connectivity index (χ2n) is 5.56. The number of nitrogens with one attached hydrogen (secondary N) is 1. The zero-order chi connectivity index (χ0) is 13.8. The Morgan fingerprint density at radius 1 is 1.30 bits per heavy atom. The van der Waals surface area contributed by atoms with Crippen molar-refractivity contribution in [2.45, 2.75) is 51.8 Å². The monoisotopic (exact) mass is 273 g/mol. The van der Waals surface area contributed by atoms with Gasteiger partial charge in [-0.25, -0.2) is 0 Å². The van der Waals surface area contributed by atoms with Crippen molar-refractivity contribution < 1.29 is 9.15 Å². The Labute approximate surface area is 120 Å². The molecule has 108 valence electrons. The van der Waals surface area contributed by atoms with E-state index in [0.29, 0.717) is 12.6 Å². The number of rotatable bonds is 8. The quantitative estimate of drug-likeness (QED) is 0.738. The molecule has 1 aliphatic carbocycles. The molecule has 0 saturated heterocycles. The minimum absolute atomic E-state index is 0.580. The van der Waals surface area contributed by atoms with Gasteiger partial charge in [0.2, 0.25) is 0 Å². The third-order valence-corrected chi connectivity index (χ3v) is 3.80. The van der Waals surface area contributed by atoms with Crippen molar-refractivity contribution in [3.8, 4) is 0 Å². The van der Waals surface area contributed by atoms with Gasteiger partial charge < -0.3 is 14.5 Å². The molecule has 3 heteroatoms. The molecule has 3 rings (SSSR count). The highest BCUT2D eigenvalue weighted by atomic mass is 16.5. The van der Waals surface area contributed by atoms with Crippen molar-refractivity contribution in [2.75, 3.05) is 6.61 Å². The van der Waals surface area contributed by atoms with E-state index < -0.39 is 0 Å². The number of unbranched alkanes of at least 4 members (excludes halogenated alkanes) is 1. The van der Waals surface area contributed by atoms with Crippen molar-refractivity contribution in [1.82, 2.24) is 5.32 Å². The van der Waals surface area contributed by atoms with Crippen molar-refractivity contribution >= 4 is 11.0 Å². The highest BCUT2D eigenvalue weighted by Crippen LogP contribution is 2.28. The van der Waals surface area contributed by atoms with E-state index in [-0.39, 0.29) is 0 Å². The smallest absolute Gasteiger partial charge is 0.135 e. The average molecular weight is 273 g/mol. The van der Waals surface area contributed by atoms with Crippen LogP contribution < -0.4 is 5.32 Å². The summed E-state index contributed by atoms with van der Waals surface area (Å²) in [5.41, 5.74) is 2.23. The molecule has 1 aliphatic rings. The molecular formula is C17H23NO2. The summed E-state index contributed by atoms with van der Waals surface area (Å²) in [5, 5.41) is 4.79. The highest BCUT2D eigenvalue weighted by molar-refractivity contribution is 5.82. The SMILES string of the molecule is CCCCOCc1oc2ccccc2c1CNC1CC1. The van der Waals surface area contributed by atoms with Gasteiger partial charge in [-0.3, -0.25) is 0 Å². The first-order chi connectivity index (χ1) is 9.88. The van der Waals surface area contributed by atoms with Gasteiger partial charge in [0.1, 0.15) is 18.0 Å². The second kappa shape index (κ2) is 6.42. The Bertz CT molecular complexity index is 557. The molecule has 2 aromatic rings. The summed E-state index contributed by atoms with van der Waals surface area (Å²) in [4.78, 5) is 0. The number of hydrogen-bond acceptors (Lipinski definition) is 3. The van der Waals surface area contributed by atoms with Gasteiger partial charge >= 0.3 is 0 Å². The summed E-state index contributed by atoms with van der Waals surface area (Å²) >= 11 is 0. The van der Waals surface area contributed by atoms with Crippen LogP contribution in [0.5, 0.6) is 0 Å². The van der Waals surface area contributed by atoms with Crippen LogP contribution in [0.15, 0.2) is 28.7 Å². The third-order valence-electron chi connectivity index (χ3n) is 3.80. The van der Waals surface area contributed by atoms with Gasteiger partial charge in [-0.2, -0.15) is 0 Å². The van der Waals surface area contributed by atoms with Crippen LogP contribution >= 0.6 is 0 Å². The lowest BCUT2D eigenvalue weighted by atomic mass is 10.1. The summed E-state index contributed by atoms with van der Waals surface area (Å²) in [6.07, 6.45) is 4.88. The van der Waals surface area contributed by atoms with Crippen LogP contribution in [0.4, 0.5) is 0 Å². The van der Waals surface area contributed by atoms with E-state index in [0.717, 1.165) is 37.3 Å². The fraction of sp³-hybridized carbons (Fsp3) is 0.529. The number of para-hydroxylation sites is 1. The molecule has 20 heavy (non-hydrogen) atoms. The Morgan fingerprint density at radius 2 is 2.15 bits per heavy atom. The number of fused-ring (bicyclic) bond motifs is 1. The Kier molecular flexibility index (Phi) is 4.38. The van der Waals surface area contributed by atoms with Crippen LogP contribution in [0.3, 0.4) is 0 Å². The van der Waals surface area contributed by atoms with Gasteiger partial charge in [-0.15, -0.1) is 0 Å². The number of ether oxygens (including phenoxy) is 1. The summed E-state index contributed by atoms with van der Waals surface area (Å²) in [6.45, 7) is 4.45. The lowest BCUT2D eigenvalue weighted by Gasteiger charge is -2.05. The molecule has 0 spiro atoms. The molecule has 0 atom stereocenters. The molecule has 1 heterocycles. The minimum Gasteiger partial charge on any atom is -0.458 e. The molecule has 1 aromatic carbocycles. The van der Waals surface area contributed by atoms with E-state index in [1.165, 1.54) is 23.8 Å². The van der Waals surface area contributed by atoms with E-state index in [9.17, 15) is 0 Å². The first-order valence-electron chi connectivity index (χ1n) is 7.69. The van der Waals surface area contributed by atoms with Gasteiger partial charge in [-0.05, 0) is 25.3 Å². The van der Waals surface area contributed by atoms with Gasteiger partial charge in [0.15, 0.2) is 0 Å². The number of furan rings is 1. The molecule has 1 N–H and O–H groups in total. The Morgan fingerprint density at radius 3 is 2.95 bits per heavy atom. The van der Waals surface area contributed by atoms with Gasteiger partial charge in [0.25, 0.3) is 0 Å². The molecule has 0 aliphatic heterocycles. The fourth-order valence-electron chi connectivity index (χ4n) is 2.40. The molecule has 1 fully saturated rings. The van der Waals surface area contributed by atoms with E-state index in [1.54, 1.807) is 0 Å². The van der Waals surface area contributed by atoms with Crippen LogP contribution in [-0.2, 0) is 17.9 Å². The predicted octanol–water partition coefficient (Wildman–Crippen LogP) is 4.00. The van der Waals surface area contributed by atoms with E-state index in [1.807, 2.05) is 12.1 Å². The first-order valence-corrected chi connectivity index (χ1v) is 7.69. The van der Waals surface area contributed by atoms with Crippen LogP contribution in [0.25, 0.3) is 11.0 Å². The maximum absolute atomic E-state index is 5.97. The Balaban J connectivity index is 1.74. The fourth-order valence-corrected chi connectivity index (χ4v) is 2.40. The van der Waals surface area contributed by atoms with Crippen LogP contribution in [0.2, 0.25) is 0 Å². The predicted molar refractivity (Wildman–Crippen MR) is 80.6 cm³/mol. The summed E-state index contributed by atoms with van der Waals surface area (Å²) in [5.74, 6) is 0.982. The molecule has 1 aromatic heterocycles. The van der Waals surface area contributed by atoms with Gasteiger partial charge in [0.05, 0.1) is 0 Å². The minimum atomic E-state index is 0.580. The number of benzene rings is 1. The van der Waals surface area contributed by atoms with Crippen molar-refractivity contribution in [2.24, 2.45) is 0 Å². The maximum atomic E-state index is 5.97. The second-order valence-corrected chi connectivity index (χ2v) is 5.56. The third kappa shape index (κ3) is 3.22. The van der Waals surface area contributed by atoms with E-state index >= 15 is 0 Å². The maximum Gasteiger partial charge on any atom is 0.135 e. The zero-order valence-electron chi connectivity index (χ0n) is 12.2. The molecule has 0 bridgehead atoms. The topological polar surface area (TPSA) is 34.4 Å². The van der Waals surface area contributed by atoms with Crippen molar-refractivity contribution in [3.63, 3.8) is 0 Å². The zero-order valence-corrected chi connectivity index (χ0v) is 12.2. The molecule has 3 nitrogen and oxygen atoms in total. The lowest BCUT2D eigenvalue weighted by molar-refractivity contribution is 0.104. The lowest BCUT2D eigenvalue weighted by Crippen LogP contribution is -2.16. The van der Waals surface area contributed by atoms with E-state index in [4.69, 9.17) is 9.15 Å². The Hall–Kier alpha value is -1.32. The summed E-state index contributed by atoms with van der Waals surface area (Å²) in [6, 6.07) is 8.97. The first kappa shape index (κ1) is 13.7. The summed E-state index contributed by atoms with van der Waals surface area (Å²) < 4.78 is 11.7. The number of hydrogen-bond donors (Lipinski definition) is 1. The van der Waals surface area contributed by atoms with E-state index in [2.05, 4.69) is 24.4 Å². The van der Waals surface area contributed by atoms with Crippen molar-refractivity contribution in [1.29, 1.82) is 0 Å². The summed E-state index contributed by atoms with van der Waals surface area (Å²) in [7, 11) is 0. The van der Waals surface area contributed by atoms with Gasteiger partial charge in [0, 0.05) is 30.1 Å². The largest absolute Gasteiger partial charge is 0.458 e. The molecular weight excluding hydrogens is 250 g/mol. The van der Waals surface area contributed by atoms with Crippen LogP contribution in [0.1, 0.15) is 43.9 Å². The molecule has 0 radical (unpaired) electrons. The van der Waals surface area contributed by atoms with Crippen LogP contribution in [0, 0.1) is 0 Å².